The lowest BCUT2D eigenvalue weighted by atomic mass is 10.0. The molecule has 164 valence electrons. The average molecular weight is 417 g/mol. The van der Waals surface area contributed by atoms with Crippen molar-refractivity contribution in [3.8, 4) is 0 Å². The zero-order valence-corrected chi connectivity index (χ0v) is 18.2. The van der Waals surface area contributed by atoms with Crippen LogP contribution in [0.2, 0.25) is 0 Å². The summed E-state index contributed by atoms with van der Waals surface area (Å²) in [4.78, 5) is 28.3. The molecule has 30 heavy (non-hydrogen) atoms. The fraction of sp³-hybridized carbons (Fsp3) is 0.524. The predicted molar refractivity (Wildman–Crippen MR) is 116 cm³/mol. The zero-order valence-electron chi connectivity index (χ0n) is 18.2. The van der Waals surface area contributed by atoms with E-state index in [0.717, 1.165) is 5.69 Å². The van der Waals surface area contributed by atoms with Gasteiger partial charge in [-0.2, -0.15) is 0 Å². The number of rotatable bonds is 3. The highest BCUT2D eigenvalue weighted by atomic mass is 16.6. The van der Waals surface area contributed by atoms with Gasteiger partial charge < -0.3 is 20.9 Å². The monoisotopic (exact) mass is 416 g/mol. The molecule has 0 aliphatic carbocycles. The van der Waals surface area contributed by atoms with Gasteiger partial charge in [0.15, 0.2) is 0 Å². The summed E-state index contributed by atoms with van der Waals surface area (Å²) in [5.74, 6) is 0.0850. The van der Waals surface area contributed by atoms with Crippen molar-refractivity contribution in [3.63, 3.8) is 0 Å². The highest BCUT2D eigenvalue weighted by Gasteiger charge is 2.26. The third kappa shape index (κ3) is 6.20. The number of nitrogens with one attached hydrogen (secondary N) is 1. The first kappa shape index (κ1) is 23.2. The molecule has 0 spiro atoms. The van der Waals surface area contributed by atoms with E-state index in [0.29, 0.717) is 38.5 Å². The van der Waals surface area contributed by atoms with Gasteiger partial charge >= 0.3 is 6.03 Å². The lowest BCUT2D eigenvalue weighted by Gasteiger charge is -2.22. The standard InChI is InChI=1S/C18H24N6O3.C3H8/c1-12(2)13-4-6-14(7-5-13)20-18(26)24-9-3-8-23(10-11-24)17(25)15-16(19)22-27-21-15;1-3-2/h4-7,12H,3,8-11H2,1-2H3,(H2,19,22)(H,20,26);3H2,1-2H3. The fourth-order valence-corrected chi connectivity index (χ4v) is 2.97. The molecule has 1 saturated heterocycles. The molecule has 1 aliphatic rings. The second-order valence-corrected chi connectivity index (χ2v) is 7.54. The molecule has 3 rings (SSSR count). The molecule has 9 nitrogen and oxygen atoms in total. The molecule has 1 aromatic carbocycles. The molecule has 9 heteroatoms. The molecule has 1 fully saturated rings. The highest BCUT2D eigenvalue weighted by molar-refractivity contribution is 5.96. The van der Waals surface area contributed by atoms with Gasteiger partial charge in [0.05, 0.1) is 0 Å². The second-order valence-electron chi connectivity index (χ2n) is 7.54. The van der Waals surface area contributed by atoms with Crippen LogP contribution in [-0.4, -0.2) is 58.2 Å². The summed E-state index contributed by atoms with van der Waals surface area (Å²) < 4.78 is 4.49. The number of carbonyl (C=O) groups excluding carboxylic acids is 2. The molecule has 0 radical (unpaired) electrons. The van der Waals surface area contributed by atoms with Crippen molar-refractivity contribution < 1.29 is 14.2 Å². The Balaban J connectivity index is 0.00000101. The van der Waals surface area contributed by atoms with E-state index in [1.807, 2.05) is 24.3 Å². The van der Waals surface area contributed by atoms with Crippen LogP contribution in [0, 0.1) is 0 Å². The quantitative estimate of drug-likeness (QED) is 0.790. The first-order chi connectivity index (χ1) is 14.4. The molecular formula is C21H32N6O3. The van der Waals surface area contributed by atoms with Gasteiger partial charge in [-0.15, -0.1) is 0 Å². The van der Waals surface area contributed by atoms with E-state index in [1.54, 1.807) is 9.80 Å². The summed E-state index contributed by atoms with van der Waals surface area (Å²) in [5.41, 5.74) is 7.57. The van der Waals surface area contributed by atoms with Crippen LogP contribution in [-0.2, 0) is 0 Å². The molecule has 1 aromatic heterocycles. The number of nitrogens with zero attached hydrogens (tertiary/aromatic N) is 4. The smallest absolute Gasteiger partial charge is 0.321 e. The third-order valence-electron chi connectivity index (χ3n) is 4.62. The van der Waals surface area contributed by atoms with Crippen LogP contribution in [0.5, 0.6) is 0 Å². The number of urea groups is 1. The Kier molecular flexibility index (Phi) is 8.64. The summed E-state index contributed by atoms with van der Waals surface area (Å²) in [6, 6.07) is 7.66. The molecule has 1 aliphatic heterocycles. The maximum absolute atomic E-state index is 12.6. The Hall–Kier alpha value is -3.10. The lowest BCUT2D eigenvalue weighted by molar-refractivity contribution is 0.0752. The summed E-state index contributed by atoms with van der Waals surface area (Å²) in [5, 5.41) is 9.90. The number of benzene rings is 1. The number of amides is 3. The summed E-state index contributed by atoms with van der Waals surface area (Å²) in [7, 11) is 0. The molecule has 0 unspecified atom stereocenters. The first-order valence-corrected chi connectivity index (χ1v) is 10.4. The molecule has 0 bridgehead atoms. The van der Waals surface area contributed by atoms with Crippen molar-refractivity contribution in [2.75, 3.05) is 37.2 Å². The molecule has 3 amide bonds. The van der Waals surface area contributed by atoms with Gasteiger partial charge in [-0.25, -0.2) is 9.42 Å². The van der Waals surface area contributed by atoms with E-state index in [4.69, 9.17) is 5.73 Å². The van der Waals surface area contributed by atoms with Crippen LogP contribution in [0.1, 0.15) is 62.5 Å². The average Bonchev–Trinajstić information content (AvgIpc) is 2.99. The van der Waals surface area contributed by atoms with Gasteiger partial charge in [0.1, 0.15) is 0 Å². The number of anilines is 2. The summed E-state index contributed by atoms with van der Waals surface area (Å²) in [6.45, 7) is 10.4. The number of nitrogen functional groups attached to an aromatic ring is 1. The van der Waals surface area contributed by atoms with E-state index < -0.39 is 0 Å². The number of aromatic nitrogens is 2. The van der Waals surface area contributed by atoms with Crippen LogP contribution in [0.15, 0.2) is 28.9 Å². The highest BCUT2D eigenvalue weighted by Crippen LogP contribution is 2.18. The Morgan fingerprint density at radius 2 is 1.67 bits per heavy atom. The minimum Gasteiger partial charge on any atom is -0.379 e. The Bertz CT molecular complexity index is 818. The normalized spacial score (nSPS) is 14.0. The van der Waals surface area contributed by atoms with Crippen LogP contribution in [0.3, 0.4) is 0 Å². The minimum absolute atomic E-state index is 0.0122. The van der Waals surface area contributed by atoms with Crippen molar-refractivity contribution in [3.05, 3.63) is 35.5 Å². The van der Waals surface area contributed by atoms with Gasteiger partial charge in [0.2, 0.25) is 11.5 Å². The van der Waals surface area contributed by atoms with Crippen molar-refractivity contribution in [1.29, 1.82) is 0 Å². The number of hydrogen-bond donors (Lipinski definition) is 2. The molecule has 2 heterocycles. The zero-order chi connectivity index (χ0) is 22.1. The molecule has 2 aromatic rings. The lowest BCUT2D eigenvalue weighted by Crippen LogP contribution is -2.39. The number of nitrogens with two attached hydrogens (primary N) is 1. The van der Waals surface area contributed by atoms with Crippen LogP contribution >= 0.6 is 0 Å². The molecule has 3 N–H and O–H groups in total. The van der Waals surface area contributed by atoms with Gasteiger partial charge in [0, 0.05) is 31.9 Å². The Labute approximate surface area is 177 Å². The minimum atomic E-state index is -0.333. The third-order valence-corrected chi connectivity index (χ3v) is 4.62. The largest absolute Gasteiger partial charge is 0.379 e. The maximum Gasteiger partial charge on any atom is 0.321 e. The van der Waals surface area contributed by atoms with Crippen LogP contribution in [0.4, 0.5) is 16.3 Å². The summed E-state index contributed by atoms with van der Waals surface area (Å²) in [6.07, 6.45) is 1.91. The fourth-order valence-electron chi connectivity index (χ4n) is 2.97. The SMILES string of the molecule is CC(C)c1ccc(NC(=O)N2CCCN(C(=O)c3nonc3N)CC2)cc1.CCC. The van der Waals surface area contributed by atoms with Crippen LogP contribution in [0.25, 0.3) is 0 Å². The van der Waals surface area contributed by atoms with E-state index in [-0.39, 0.29) is 23.5 Å². The van der Waals surface area contributed by atoms with Crippen molar-refractivity contribution in [1.82, 2.24) is 20.1 Å². The van der Waals surface area contributed by atoms with Crippen molar-refractivity contribution >= 4 is 23.4 Å². The van der Waals surface area contributed by atoms with E-state index in [1.165, 1.54) is 12.0 Å². The van der Waals surface area contributed by atoms with Crippen molar-refractivity contribution in [2.24, 2.45) is 0 Å². The number of hydrogen-bond acceptors (Lipinski definition) is 6. The van der Waals surface area contributed by atoms with Gasteiger partial charge in [-0.05, 0) is 40.3 Å². The summed E-state index contributed by atoms with van der Waals surface area (Å²) >= 11 is 0. The predicted octanol–water partition coefficient (Wildman–Crippen LogP) is 3.57. The Morgan fingerprint density at radius 3 is 2.23 bits per heavy atom. The maximum atomic E-state index is 12.6. The van der Waals surface area contributed by atoms with Gasteiger partial charge in [0.25, 0.3) is 5.91 Å². The molecule has 0 atom stereocenters. The van der Waals surface area contributed by atoms with Gasteiger partial charge in [-0.3, -0.25) is 4.79 Å². The Morgan fingerprint density at radius 1 is 1.07 bits per heavy atom. The molecule has 0 saturated carbocycles. The van der Waals surface area contributed by atoms with Gasteiger partial charge in [-0.1, -0.05) is 46.2 Å². The van der Waals surface area contributed by atoms with Crippen LogP contribution < -0.4 is 11.1 Å². The van der Waals surface area contributed by atoms with E-state index in [9.17, 15) is 9.59 Å². The van der Waals surface area contributed by atoms with Crippen molar-refractivity contribution in [2.45, 2.75) is 46.5 Å². The topological polar surface area (TPSA) is 118 Å². The van der Waals surface area contributed by atoms with E-state index in [2.05, 4.69) is 48.0 Å². The second kappa shape index (κ2) is 11.2. The first-order valence-electron chi connectivity index (χ1n) is 10.4. The molecular weight excluding hydrogens is 384 g/mol. The van der Waals surface area contributed by atoms with E-state index >= 15 is 0 Å². The number of carbonyl (C=O) groups is 2.